The van der Waals surface area contributed by atoms with Crippen LogP contribution in [0, 0.1) is 0 Å². The van der Waals surface area contributed by atoms with Crippen molar-refractivity contribution in [3.8, 4) is 0 Å². The van der Waals surface area contributed by atoms with E-state index >= 15 is 0 Å². The van der Waals surface area contributed by atoms with E-state index in [1.165, 1.54) is 0 Å². The third-order valence-corrected chi connectivity index (χ3v) is 3.33. The summed E-state index contributed by atoms with van der Waals surface area (Å²) in [6, 6.07) is 5.22. The zero-order chi connectivity index (χ0) is 16.1. The summed E-state index contributed by atoms with van der Waals surface area (Å²) in [4.78, 5) is 24.7. The molecule has 1 aromatic carbocycles. The molecule has 0 aliphatic heterocycles. The Morgan fingerprint density at radius 2 is 2.27 bits per heavy atom. The van der Waals surface area contributed by atoms with E-state index < -0.39 is 5.91 Å². The average Bonchev–Trinajstić information content (AvgIpc) is 2.52. The lowest BCUT2D eigenvalue weighted by Gasteiger charge is -2.14. The lowest BCUT2D eigenvalue weighted by Crippen LogP contribution is -2.30. The summed E-state index contributed by atoms with van der Waals surface area (Å²) in [6.07, 6.45) is 3.10. The molecule has 116 valence electrons. The molecular weight excluding hydrogens is 282 g/mol. The number of amides is 1. The van der Waals surface area contributed by atoms with Gasteiger partial charge in [0.2, 0.25) is 5.43 Å². The number of ether oxygens (including phenoxy) is 1. The summed E-state index contributed by atoms with van der Waals surface area (Å²) in [6.45, 7) is 4.80. The van der Waals surface area contributed by atoms with Crippen LogP contribution in [0.15, 0.2) is 41.8 Å². The van der Waals surface area contributed by atoms with E-state index in [0.29, 0.717) is 36.3 Å². The van der Waals surface area contributed by atoms with Crippen LogP contribution in [0.25, 0.3) is 10.9 Å². The number of hydrogen-bond donors (Lipinski definition) is 2. The van der Waals surface area contributed by atoms with Gasteiger partial charge in [0.15, 0.2) is 0 Å². The second kappa shape index (κ2) is 6.91. The lowest BCUT2D eigenvalue weighted by molar-refractivity contribution is 0.0956. The molecule has 6 heteroatoms. The number of benzene rings is 1. The number of aromatic nitrogens is 1. The molecule has 0 spiro atoms. The van der Waals surface area contributed by atoms with Crippen LogP contribution in [0.2, 0.25) is 0 Å². The Morgan fingerprint density at radius 1 is 1.50 bits per heavy atom. The minimum atomic E-state index is -0.443. The molecule has 1 amide bonds. The highest BCUT2D eigenvalue weighted by Crippen LogP contribution is 2.18. The molecule has 1 aromatic heterocycles. The number of carbonyl (C=O) groups excluding carboxylic acids is 1. The Labute approximate surface area is 128 Å². The van der Waals surface area contributed by atoms with Gasteiger partial charge in [0, 0.05) is 32.1 Å². The summed E-state index contributed by atoms with van der Waals surface area (Å²) in [7, 11) is 1.59. The molecule has 6 nitrogen and oxygen atoms in total. The maximum atomic E-state index is 12.6. The lowest BCUT2D eigenvalue weighted by atomic mass is 10.1. The first kappa shape index (κ1) is 15.8. The molecule has 22 heavy (non-hydrogen) atoms. The standard InChI is InChI=1S/C16H19N3O3/c1-3-7-18-16(21)11-10-19(8-9-22-2)13-6-4-5-12(17)14(13)15(11)20/h3-6,10H,1,7-9,17H2,2H3,(H,18,21). The van der Waals surface area contributed by atoms with Crippen LogP contribution in [0.1, 0.15) is 10.4 Å². The Morgan fingerprint density at radius 3 is 2.95 bits per heavy atom. The van der Waals surface area contributed by atoms with E-state index in [1.54, 1.807) is 42.1 Å². The molecule has 0 saturated heterocycles. The number of nitrogens with one attached hydrogen (secondary N) is 1. The van der Waals surface area contributed by atoms with Crippen molar-refractivity contribution in [2.45, 2.75) is 6.54 Å². The first-order valence-electron chi connectivity index (χ1n) is 6.89. The van der Waals surface area contributed by atoms with E-state index in [0.717, 1.165) is 0 Å². The summed E-state index contributed by atoms with van der Waals surface area (Å²) in [5, 5.41) is 2.97. The number of rotatable bonds is 6. The Bertz CT molecular complexity index is 765. The molecule has 0 bridgehead atoms. The minimum Gasteiger partial charge on any atom is -0.398 e. The number of pyridine rings is 1. The third kappa shape index (κ3) is 3.01. The van der Waals surface area contributed by atoms with Crippen LogP contribution in [0.5, 0.6) is 0 Å². The van der Waals surface area contributed by atoms with Crippen molar-refractivity contribution in [2.75, 3.05) is 26.0 Å². The van der Waals surface area contributed by atoms with Crippen LogP contribution >= 0.6 is 0 Å². The number of anilines is 1. The zero-order valence-electron chi connectivity index (χ0n) is 12.5. The molecule has 0 radical (unpaired) electrons. The van der Waals surface area contributed by atoms with Gasteiger partial charge in [-0.05, 0) is 12.1 Å². The predicted molar refractivity (Wildman–Crippen MR) is 87.0 cm³/mol. The van der Waals surface area contributed by atoms with Gasteiger partial charge in [0.1, 0.15) is 5.56 Å². The van der Waals surface area contributed by atoms with E-state index in [-0.39, 0.29) is 11.0 Å². The van der Waals surface area contributed by atoms with Gasteiger partial charge < -0.3 is 20.4 Å². The molecule has 2 aromatic rings. The minimum absolute atomic E-state index is 0.0587. The van der Waals surface area contributed by atoms with Crippen molar-refractivity contribution in [3.63, 3.8) is 0 Å². The van der Waals surface area contributed by atoms with Gasteiger partial charge in [-0.15, -0.1) is 6.58 Å². The van der Waals surface area contributed by atoms with Gasteiger partial charge in [-0.1, -0.05) is 12.1 Å². The quantitative estimate of drug-likeness (QED) is 0.619. The molecule has 0 saturated carbocycles. The highest BCUT2D eigenvalue weighted by molar-refractivity contribution is 6.00. The first-order valence-corrected chi connectivity index (χ1v) is 6.89. The number of nitrogens with two attached hydrogens (primary N) is 1. The monoisotopic (exact) mass is 301 g/mol. The number of fused-ring (bicyclic) bond motifs is 1. The molecule has 2 rings (SSSR count). The van der Waals surface area contributed by atoms with Crippen molar-refractivity contribution in [2.24, 2.45) is 0 Å². The maximum Gasteiger partial charge on any atom is 0.257 e. The number of nitrogens with zero attached hydrogens (tertiary/aromatic N) is 1. The maximum absolute atomic E-state index is 12.6. The van der Waals surface area contributed by atoms with E-state index in [2.05, 4.69) is 11.9 Å². The molecule has 1 heterocycles. The van der Waals surface area contributed by atoms with Crippen molar-refractivity contribution >= 4 is 22.5 Å². The highest BCUT2D eigenvalue weighted by Gasteiger charge is 2.16. The second-order valence-corrected chi connectivity index (χ2v) is 4.80. The van der Waals surface area contributed by atoms with Crippen molar-refractivity contribution in [3.05, 3.63) is 52.8 Å². The van der Waals surface area contributed by atoms with Gasteiger partial charge in [-0.2, -0.15) is 0 Å². The number of carbonyl (C=O) groups is 1. The smallest absolute Gasteiger partial charge is 0.257 e. The summed E-state index contributed by atoms with van der Waals surface area (Å²) >= 11 is 0. The predicted octanol–water partition coefficient (Wildman–Crippen LogP) is 1.15. The van der Waals surface area contributed by atoms with Gasteiger partial charge in [-0.3, -0.25) is 9.59 Å². The number of nitrogen functional groups attached to an aromatic ring is 1. The zero-order valence-corrected chi connectivity index (χ0v) is 12.5. The molecule has 0 aliphatic carbocycles. The fourth-order valence-electron chi connectivity index (χ4n) is 2.26. The van der Waals surface area contributed by atoms with Crippen LogP contribution in [-0.4, -0.2) is 30.7 Å². The third-order valence-electron chi connectivity index (χ3n) is 3.33. The van der Waals surface area contributed by atoms with Crippen molar-refractivity contribution in [1.82, 2.24) is 9.88 Å². The Hall–Kier alpha value is -2.60. The highest BCUT2D eigenvalue weighted by atomic mass is 16.5. The topological polar surface area (TPSA) is 86.3 Å². The van der Waals surface area contributed by atoms with Gasteiger partial charge >= 0.3 is 0 Å². The molecular formula is C16H19N3O3. The second-order valence-electron chi connectivity index (χ2n) is 4.80. The van der Waals surface area contributed by atoms with Crippen LogP contribution in [-0.2, 0) is 11.3 Å². The summed E-state index contributed by atoms with van der Waals surface area (Å²) < 4.78 is 6.88. The average molecular weight is 301 g/mol. The van der Waals surface area contributed by atoms with Crippen LogP contribution in [0.3, 0.4) is 0 Å². The SMILES string of the molecule is C=CCNC(=O)c1cn(CCOC)c2cccc(N)c2c1=O. The molecule has 0 unspecified atom stereocenters. The van der Waals surface area contributed by atoms with E-state index in [9.17, 15) is 9.59 Å². The summed E-state index contributed by atoms with van der Waals surface area (Å²) in [5.41, 5.74) is 6.65. The first-order chi connectivity index (χ1) is 10.6. The largest absolute Gasteiger partial charge is 0.398 e. The van der Waals surface area contributed by atoms with Crippen molar-refractivity contribution in [1.29, 1.82) is 0 Å². The van der Waals surface area contributed by atoms with Crippen LogP contribution < -0.4 is 16.5 Å². The van der Waals surface area contributed by atoms with Gasteiger partial charge in [0.25, 0.3) is 5.91 Å². The number of methoxy groups -OCH3 is 1. The Kier molecular flexibility index (Phi) is 4.95. The van der Waals surface area contributed by atoms with Gasteiger partial charge in [-0.25, -0.2) is 0 Å². The van der Waals surface area contributed by atoms with E-state index in [1.807, 2.05) is 0 Å². The number of hydrogen-bond acceptors (Lipinski definition) is 4. The summed E-state index contributed by atoms with van der Waals surface area (Å²) in [5.74, 6) is -0.443. The molecule has 0 atom stereocenters. The normalized spacial score (nSPS) is 10.6. The van der Waals surface area contributed by atoms with Crippen LogP contribution in [0.4, 0.5) is 5.69 Å². The fraction of sp³-hybridized carbons (Fsp3) is 0.250. The van der Waals surface area contributed by atoms with E-state index in [4.69, 9.17) is 10.5 Å². The fourth-order valence-corrected chi connectivity index (χ4v) is 2.26. The Balaban J connectivity index is 2.64. The molecule has 0 fully saturated rings. The molecule has 3 N–H and O–H groups in total. The van der Waals surface area contributed by atoms with Crippen molar-refractivity contribution < 1.29 is 9.53 Å². The molecule has 0 aliphatic rings. The van der Waals surface area contributed by atoms with Gasteiger partial charge in [0.05, 0.1) is 17.5 Å².